The molecule has 0 bridgehead atoms. The number of azide groups is 1. The van der Waals surface area contributed by atoms with E-state index in [-0.39, 0.29) is 0 Å². The zero-order chi connectivity index (χ0) is 10.2. The van der Waals surface area contributed by atoms with E-state index >= 15 is 0 Å². The normalized spacial score (nSPS) is 22.2. The van der Waals surface area contributed by atoms with Crippen LogP contribution in [-0.2, 0) is 4.74 Å². The predicted octanol–water partition coefficient (Wildman–Crippen LogP) is 1.80. The molecule has 1 heterocycles. The lowest BCUT2D eigenvalue weighted by Crippen LogP contribution is -2.34. The van der Waals surface area contributed by atoms with Crippen molar-refractivity contribution in [3.8, 4) is 0 Å². The molecule has 0 aromatic heterocycles. The molecule has 0 radical (unpaired) electrons. The van der Waals surface area contributed by atoms with Crippen molar-refractivity contribution in [1.29, 1.82) is 0 Å². The summed E-state index contributed by atoms with van der Waals surface area (Å²) in [4.78, 5) is 5.10. The third-order valence-electron chi connectivity index (χ3n) is 2.56. The summed E-state index contributed by atoms with van der Waals surface area (Å²) in [7, 11) is 0. The van der Waals surface area contributed by atoms with E-state index in [0.717, 1.165) is 26.3 Å². The number of hydrogen-bond acceptors (Lipinski definition) is 3. The quantitative estimate of drug-likeness (QED) is 0.371. The van der Waals surface area contributed by atoms with E-state index in [4.69, 9.17) is 10.3 Å². The zero-order valence-corrected chi connectivity index (χ0v) is 8.72. The first-order chi connectivity index (χ1) is 6.88. The fraction of sp³-hybridized carbons (Fsp3) is 1.00. The summed E-state index contributed by atoms with van der Waals surface area (Å²) in [5, 5.41) is 3.55. The van der Waals surface area contributed by atoms with Gasteiger partial charge in [0, 0.05) is 30.6 Å². The van der Waals surface area contributed by atoms with Crippen LogP contribution in [0, 0.1) is 0 Å². The smallest absolute Gasteiger partial charge is 0.0621 e. The molecular formula is C9H18N4O. The minimum atomic E-state index is 0.531. The molecule has 1 fully saturated rings. The first-order valence-corrected chi connectivity index (χ1v) is 5.21. The maximum absolute atomic E-state index is 8.16. The molecule has 1 aliphatic rings. The molecule has 0 aliphatic carbocycles. The van der Waals surface area contributed by atoms with Crippen LogP contribution in [0.1, 0.15) is 19.8 Å². The first-order valence-electron chi connectivity index (χ1n) is 5.21. The van der Waals surface area contributed by atoms with Gasteiger partial charge in [0.15, 0.2) is 0 Å². The third kappa shape index (κ3) is 3.54. The molecular weight excluding hydrogens is 180 g/mol. The van der Waals surface area contributed by atoms with Crippen molar-refractivity contribution in [1.82, 2.24) is 4.90 Å². The highest BCUT2D eigenvalue weighted by Gasteiger charge is 2.23. The Morgan fingerprint density at radius 3 is 3.21 bits per heavy atom. The lowest BCUT2D eigenvalue weighted by atomic mass is 10.2. The lowest BCUT2D eigenvalue weighted by Gasteiger charge is -2.23. The molecule has 1 atom stereocenters. The van der Waals surface area contributed by atoms with Crippen LogP contribution in [0.3, 0.4) is 0 Å². The second-order valence-corrected chi connectivity index (χ2v) is 3.45. The van der Waals surface area contributed by atoms with Crippen LogP contribution in [0.2, 0.25) is 0 Å². The van der Waals surface area contributed by atoms with Gasteiger partial charge in [-0.3, -0.25) is 4.90 Å². The summed E-state index contributed by atoms with van der Waals surface area (Å²) in [6, 6.07) is 0.531. The largest absolute Gasteiger partial charge is 0.380 e. The summed E-state index contributed by atoms with van der Waals surface area (Å²) in [6.45, 7) is 6.15. The summed E-state index contributed by atoms with van der Waals surface area (Å²) in [5.74, 6) is 0. The van der Waals surface area contributed by atoms with E-state index in [1.807, 2.05) is 6.92 Å². The van der Waals surface area contributed by atoms with Crippen molar-refractivity contribution >= 4 is 0 Å². The van der Waals surface area contributed by atoms with Gasteiger partial charge in [0.05, 0.1) is 6.61 Å². The topological polar surface area (TPSA) is 61.2 Å². The van der Waals surface area contributed by atoms with Crippen molar-refractivity contribution < 1.29 is 4.74 Å². The summed E-state index contributed by atoms with van der Waals surface area (Å²) >= 11 is 0. The van der Waals surface area contributed by atoms with Gasteiger partial charge < -0.3 is 4.74 Å². The maximum atomic E-state index is 8.16. The Morgan fingerprint density at radius 2 is 2.50 bits per heavy atom. The molecule has 0 N–H and O–H groups in total. The van der Waals surface area contributed by atoms with E-state index in [2.05, 4.69) is 14.9 Å². The highest BCUT2D eigenvalue weighted by molar-refractivity contribution is 4.79. The zero-order valence-electron chi connectivity index (χ0n) is 8.72. The Balaban J connectivity index is 2.23. The number of nitrogens with zero attached hydrogens (tertiary/aromatic N) is 4. The predicted molar refractivity (Wildman–Crippen MR) is 55.1 cm³/mol. The van der Waals surface area contributed by atoms with E-state index in [0.29, 0.717) is 12.6 Å². The van der Waals surface area contributed by atoms with Gasteiger partial charge in [-0.05, 0) is 31.8 Å². The molecule has 5 heteroatoms. The number of rotatable bonds is 6. The van der Waals surface area contributed by atoms with Crippen LogP contribution in [0.25, 0.3) is 10.4 Å². The molecule has 14 heavy (non-hydrogen) atoms. The highest BCUT2D eigenvalue weighted by atomic mass is 16.5. The van der Waals surface area contributed by atoms with Gasteiger partial charge in [0.1, 0.15) is 0 Å². The number of ether oxygens (including phenoxy) is 1. The molecule has 0 aromatic carbocycles. The minimum absolute atomic E-state index is 0.531. The molecule has 0 amide bonds. The molecule has 0 saturated carbocycles. The van der Waals surface area contributed by atoms with Crippen LogP contribution < -0.4 is 0 Å². The standard InChI is InChI=1S/C9H18N4O/c1-2-14-8-9-4-3-6-13(9)7-5-11-12-10/h9H,2-8H2,1H3/t9-/m1/s1. The molecule has 80 valence electrons. The average molecular weight is 198 g/mol. The van der Waals surface area contributed by atoms with Gasteiger partial charge in [0.2, 0.25) is 0 Å². The van der Waals surface area contributed by atoms with Crippen molar-refractivity contribution in [2.24, 2.45) is 5.11 Å². The van der Waals surface area contributed by atoms with Gasteiger partial charge in [-0.25, -0.2) is 0 Å². The van der Waals surface area contributed by atoms with Gasteiger partial charge in [0.25, 0.3) is 0 Å². The van der Waals surface area contributed by atoms with Crippen molar-refractivity contribution in [3.05, 3.63) is 10.4 Å². The number of likely N-dealkylation sites (tertiary alicyclic amines) is 1. The fourth-order valence-electron chi connectivity index (χ4n) is 1.85. The molecule has 0 aromatic rings. The average Bonchev–Trinajstić information content (AvgIpc) is 2.63. The molecule has 1 aliphatic heterocycles. The Labute approximate surface area is 84.7 Å². The van der Waals surface area contributed by atoms with E-state index in [1.54, 1.807) is 0 Å². The summed E-state index contributed by atoms with van der Waals surface area (Å²) in [5.41, 5.74) is 8.16. The molecule has 0 unspecified atom stereocenters. The SMILES string of the molecule is CCOC[C@H]1CCCN1CCN=[N+]=[N-]. The summed E-state index contributed by atoms with van der Waals surface area (Å²) in [6.07, 6.45) is 2.43. The van der Waals surface area contributed by atoms with Crippen LogP contribution >= 0.6 is 0 Å². The van der Waals surface area contributed by atoms with E-state index in [9.17, 15) is 0 Å². The van der Waals surface area contributed by atoms with E-state index < -0.39 is 0 Å². The second kappa shape index (κ2) is 6.65. The second-order valence-electron chi connectivity index (χ2n) is 3.45. The van der Waals surface area contributed by atoms with Crippen LogP contribution in [-0.4, -0.2) is 43.8 Å². The molecule has 0 spiro atoms. The van der Waals surface area contributed by atoms with Crippen LogP contribution in [0.4, 0.5) is 0 Å². The Kier molecular flexibility index (Phi) is 5.37. The maximum Gasteiger partial charge on any atom is 0.0621 e. The molecule has 5 nitrogen and oxygen atoms in total. The Morgan fingerprint density at radius 1 is 1.64 bits per heavy atom. The third-order valence-corrected chi connectivity index (χ3v) is 2.56. The van der Waals surface area contributed by atoms with E-state index in [1.165, 1.54) is 12.8 Å². The van der Waals surface area contributed by atoms with Crippen LogP contribution in [0.5, 0.6) is 0 Å². The minimum Gasteiger partial charge on any atom is -0.380 e. The number of hydrogen-bond donors (Lipinski definition) is 0. The summed E-state index contributed by atoms with van der Waals surface area (Å²) < 4.78 is 5.41. The van der Waals surface area contributed by atoms with Gasteiger partial charge in [-0.15, -0.1) is 0 Å². The van der Waals surface area contributed by atoms with Crippen LogP contribution in [0.15, 0.2) is 5.11 Å². The van der Waals surface area contributed by atoms with Crippen molar-refractivity contribution in [2.45, 2.75) is 25.8 Å². The first kappa shape index (κ1) is 11.3. The Hall–Kier alpha value is -0.770. The molecule has 1 rings (SSSR count). The van der Waals surface area contributed by atoms with Gasteiger partial charge in [-0.2, -0.15) is 0 Å². The Bertz CT molecular complexity index is 203. The van der Waals surface area contributed by atoms with Gasteiger partial charge >= 0.3 is 0 Å². The fourth-order valence-corrected chi connectivity index (χ4v) is 1.85. The lowest BCUT2D eigenvalue weighted by molar-refractivity contribution is 0.0865. The molecule has 1 saturated heterocycles. The monoisotopic (exact) mass is 198 g/mol. The highest BCUT2D eigenvalue weighted by Crippen LogP contribution is 2.16. The van der Waals surface area contributed by atoms with Crippen molar-refractivity contribution in [3.63, 3.8) is 0 Å². The van der Waals surface area contributed by atoms with Gasteiger partial charge in [-0.1, -0.05) is 5.11 Å². The van der Waals surface area contributed by atoms with Crippen molar-refractivity contribution in [2.75, 3.05) is 32.8 Å².